The van der Waals surface area contributed by atoms with Crippen molar-refractivity contribution in [3.05, 3.63) is 224 Å². The van der Waals surface area contributed by atoms with Gasteiger partial charge >= 0.3 is 0 Å². The second-order valence-corrected chi connectivity index (χ2v) is 16.8. The van der Waals surface area contributed by atoms with E-state index in [9.17, 15) is 1.37 Å². The van der Waals surface area contributed by atoms with E-state index in [0.717, 1.165) is 38.5 Å². The van der Waals surface area contributed by atoms with E-state index in [2.05, 4.69) is 45.3 Å². The molecule has 0 spiro atoms. The summed E-state index contributed by atoms with van der Waals surface area (Å²) in [4.78, 5) is 4.81. The third kappa shape index (κ3) is 7.84. The smallest absolute Gasteiger partial charge is 0.268 e. The van der Waals surface area contributed by atoms with Crippen LogP contribution in [0.25, 0.3) is 83.4 Å². The minimum atomic E-state index is -0.922. The largest absolute Gasteiger partial charge is 0.510 e. The molecule has 11 aromatic rings. The van der Waals surface area contributed by atoms with E-state index >= 15 is 0 Å². The van der Waals surface area contributed by atoms with Crippen LogP contribution in [-0.2, 0) is 21.1 Å². The van der Waals surface area contributed by atoms with Gasteiger partial charge in [0.05, 0.1) is 30.4 Å². The molecule has 6 heteroatoms. The Morgan fingerprint density at radius 1 is 0.636 bits per heavy atom. The van der Waals surface area contributed by atoms with Crippen LogP contribution in [0.15, 0.2) is 200 Å². The standard InChI is InChI=1S/C60H46N4O.Pt/c1-41(60(2,3)4)45-34-35-61-58(37-45)64-54-29-15-14-26-52(54)53-32-31-49(39-56(53)64)65-48-25-16-24-47(38-48)62-40-63(57-36-46(30-33-55(57)62)42-18-8-5-9-19-42)59-50(43-20-10-6-11-21-43)27-17-28-51(59)44-22-12-7-13-23-44;/h5-37,41H,1-4H3;/q-2;/i6D,7D,10D,11D,12D,13D,20D,21D,22D,23D,41D;. The minimum Gasteiger partial charge on any atom is -0.510 e. The summed E-state index contributed by atoms with van der Waals surface area (Å²) in [6, 6.07) is 42.8. The quantitative estimate of drug-likeness (QED) is 0.107. The number of hydrogen-bond acceptors (Lipinski definition) is 2. The van der Waals surface area contributed by atoms with Crippen LogP contribution >= 0.6 is 0 Å². The number of rotatable bonds is 9. The van der Waals surface area contributed by atoms with Crippen LogP contribution in [-0.4, -0.2) is 14.1 Å². The molecule has 0 radical (unpaired) electrons. The van der Waals surface area contributed by atoms with Crippen LogP contribution in [0.1, 0.15) is 54.2 Å². The minimum absolute atomic E-state index is 0. The molecule has 0 aliphatic heterocycles. The molecule has 0 aliphatic carbocycles. The first-order valence-electron chi connectivity index (χ1n) is 26.7. The van der Waals surface area contributed by atoms with Crippen LogP contribution in [0.5, 0.6) is 11.5 Å². The Morgan fingerprint density at radius 2 is 1.32 bits per heavy atom. The van der Waals surface area contributed by atoms with E-state index in [0.29, 0.717) is 34.0 Å². The van der Waals surface area contributed by atoms with Crippen molar-refractivity contribution in [3.8, 4) is 62.1 Å². The van der Waals surface area contributed by atoms with Gasteiger partial charge in [-0.25, -0.2) is 4.98 Å². The molecule has 0 N–H and O–H groups in total. The Bertz CT molecular complexity index is 4040. The Balaban J connectivity index is 0.00000672. The van der Waals surface area contributed by atoms with E-state index in [1.165, 1.54) is 0 Å². The molecular weight excluding hydrogens is 988 g/mol. The van der Waals surface area contributed by atoms with Gasteiger partial charge in [-0.05, 0) is 85.6 Å². The van der Waals surface area contributed by atoms with Crippen LogP contribution in [0.3, 0.4) is 0 Å². The number of hydrogen-bond donors (Lipinski definition) is 0. The van der Waals surface area contributed by atoms with Gasteiger partial charge in [0.25, 0.3) is 6.33 Å². The number of para-hydroxylation sites is 2. The molecule has 66 heavy (non-hydrogen) atoms. The van der Waals surface area contributed by atoms with E-state index in [1.54, 1.807) is 45.7 Å². The summed E-state index contributed by atoms with van der Waals surface area (Å²) < 4.78 is 109. The van der Waals surface area contributed by atoms with Gasteiger partial charge in [-0.1, -0.05) is 172 Å². The van der Waals surface area contributed by atoms with Crippen molar-refractivity contribution in [2.75, 3.05) is 0 Å². The number of pyridine rings is 1. The number of benzene rings is 8. The Labute approximate surface area is 416 Å². The van der Waals surface area contributed by atoms with Crippen LogP contribution in [0, 0.1) is 23.9 Å². The number of imidazole rings is 1. The number of nitrogens with zero attached hydrogens (tertiary/aromatic N) is 4. The van der Waals surface area contributed by atoms with Crippen molar-refractivity contribution >= 4 is 32.8 Å². The van der Waals surface area contributed by atoms with Crippen LogP contribution in [0.4, 0.5) is 0 Å². The zero-order valence-corrected chi connectivity index (χ0v) is 38.6. The normalized spacial score (nSPS) is 14.9. The summed E-state index contributed by atoms with van der Waals surface area (Å²) in [6.45, 7) is 8.08. The molecule has 0 aliphatic rings. The summed E-state index contributed by atoms with van der Waals surface area (Å²) >= 11 is 0. The average Bonchev–Trinajstić information content (AvgIpc) is 4.01. The SMILES string of the molecule is [2H]c1c([2H])c([2H])c(-c2cccc(-c3c([2H])c([2H])c([2H])c([2H])c3[2H])c2-[n+]2[c-]n(-c3[c-]c(Oc4[c-]c5c(cc4)c4ccccc4n5-c4cc(C([2H])(C)C(C)(C)C)ccn4)ccc3)c3ccc(-c4ccccc4)cc32)c([2H])c1[2H].[Pt]. The molecule has 0 bridgehead atoms. The number of fused-ring (bicyclic) bond motifs is 4. The van der Waals surface area contributed by atoms with Crippen molar-refractivity contribution in [3.63, 3.8) is 0 Å². The summed E-state index contributed by atoms with van der Waals surface area (Å²) in [5.74, 6) is 0.429. The Morgan fingerprint density at radius 3 is 2.05 bits per heavy atom. The van der Waals surface area contributed by atoms with Gasteiger partial charge < -0.3 is 13.9 Å². The molecular formula is C60H46N4OPt-2. The predicted octanol–water partition coefficient (Wildman–Crippen LogP) is 14.7. The van der Waals surface area contributed by atoms with Crippen LogP contribution in [0.2, 0.25) is 0 Å². The fourth-order valence-electron chi connectivity index (χ4n) is 8.34. The molecule has 0 saturated carbocycles. The summed E-state index contributed by atoms with van der Waals surface area (Å²) in [5.41, 5.74) is 5.40. The number of ether oxygens (including phenoxy) is 1. The first-order valence-corrected chi connectivity index (χ1v) is 21.2. The van der Waals surface area contributed by atoms with E-state index < -0.39 is 66.3 Å². The molecule has 1 atom stereocenters. The first-order chi connectivity index (χ1) is 36.3. The van der Waals surface area contributed by atoms with Gasteiger partial charge in [0.1, 0.15) is 5.82 Å². The van der Waals surface area contributed by atoms with Crippen molar-refractivity contribution in [2.45, 2.75) is 33.6 Å². The predicted molar refractivity (Wildman–Crippen MR) is 264 cm³/mol. The van der Waals surface area contributed by atoms with E-state index in [1.807, 2.05) is 109 Å². The molecule has 1 unspecified atom stereocenters. The molecule has 0 saturated heterocycles. The van der Waals surface area contributed by atoms with Gasteiger partial charge in [-0.15, -0.1) is 29.7 Å². The van der Waals surface area contributed by atoms with Gasteiger partial charge in [0, 0.05) is 45.6 Å². The Kier molecular flexibility index (Phi) is 8.39. The first kappa shape index (κ1) is 31.5. The van der Waals surface area contributed by atoms with Crippen LogP contribution < -0.4 is 9.30 Å². The van der Waals surface area contributed by atoms with Gasteiger partial charge in [-0.2, -0.15) is 18.2 Å². The number of aromatic nitrogens is 4. The van der Waals surface area contributed by atoms with Crippen molar-refractivity contribution in [1.29, 1.82) is 0 Å². The zero-order valence-electron chi connectivity index (χ0n) is 47.3. The zero-order chi connectivity index (χ0) is 53.7. The van der Waals surface area contributed by atoms with Crippen molar-refractivity contribution in [1.82, 2.24) is 14.1 Å². The maximum absolute atomic E-state index is 9.36. The molecule has 3 aromatic heterocycles. The van der Waals surface area contributed by atoms with E-state index in [-0.39, 0.29) is 54.4 Å². The topological polar surface area (TPSA) is 35.9 Å². The molecule has 0 fully saturated rings. The molecule has 5 nitrogen and oxygen atoms in total. The fourth-order valence-corrected chi connectivity index (χ4v) is 8.34. The third-order valence-corrected chi connectivity index (χ3v) is 11.9. The molecule has 8 aromatic carbocycles. The molecule has 11 rings (SSSR count). The second-order valence-electron chi connectivity index (χ2n) is 16.8. The summed E-state index contributed by atoms with van der Waals surface area (Å²) in [5, 5.41) is 1.92. The van der Waals surface area contributed by atoms with Crippen molar-refractivity contribution in [2.24, 2.45) is 5.41 Å². The van der Waals surface area contributed by atoms with Gasteiger partial charge in [-0.3, -0.25) is 4.57 Å². The maximum atomic E-state index is 9.36. The van der Waals surface area contributed by atoms with Gasteiger partial charge in [0.2, 0.25) is 0 Å². The Hall–Kier alpha value is -7.33. The van der Waals surface area contributed by atoms with Gasteiger partial charge in [0.15, 0.2) is 0 Å². The molecule has 324 valence electrons. The fraction of sp³-hybridized carbons (Fsp3) is 0.100. The van der Waals surface area contributed by atoms with E-state index in [4.69, 9.17) is 23.4 Å². The second kappa shape index (κ2) is 17.6. The summed E-state index contributed by atoms with van der Waals surface area (Å²) in [6.07, 6.45) is 5.21. The molecule has 3 heterocycles. The monoisotopic (exact) mass is 1040 g/mol. The summed E-state index contributed by atoms with van der Waals surface area (Å²) in [7, 11) is 0. The average molecular weight is 1050 g/mol. The third-order valence-electron chi connectivity index (χ3n) is 11.9. The molecule has 0 amide bonds. The maximum Gasteiger partial charge on any atom is 0.268 e. The van der Waals surface area contributed by atoms with Crippen molar-refractivity contribution < 1.29 is 45.4 Å².